The van der Waals surface area contributed by atoms with Crippen LogP contribution in [0, 0.1) is 0 Å². The summed E-state index contributed by atoms with van der Waals surface area (Å²) in [7, 11) is 0. The van der Waals surface area contributed by atoms with Gasteiger partial charge in [0.1, 0.15) is 48.8 Å². The Bertz CT molecular complexity index is 636. The number of hydrogen-bond acceptors (Lipinski definition) is 12. The van der Waals surface area contributed by atoms with Gasteiger partial charge in [0.15, 0.2) is 12.5 Å². The van der Waals surface area contributed by atoms with E-state index in [1.165, 1.54) is 0 Å². The molecule has 1 aromatic rings. The first-order valence-electron chi connectivity index (χ1n) is 9.51. The largest absolute Gasteiger partial charge is 0.394 e. The molecule has 1 aromatic carbocycles. The molecule has 2 aliphatic heterocycles. The second-order valence-corrected chi connectivity index (χ2v) is 7.33. The first-order chi connectivity index (χ1) is 14.3. The highest BCUT2D eigenvalue weighted by atomic mass is 16.6. The first-order valence-corrected chi connectivity index (χ1v) is 9.51. The van der Waals surface area contributed by atoms with Gasteiger partial charge in [0.2, 0.25) is 0 Å². The van der Waals surface area contributed by atoms with Crippen LogP contribution in [-0.4, -0.2) is 115 Å². The molecule has 2 aliphatic rings. The predicted molar refractivity (Wildman–Crippen MR) is 101 cm³/mol. The number of aliphatic hydroxyl groups excluding tert-OH is 8. The highest BCUT2D eigenvalue weighted by molar-refractivity contribution is 5.69. The summed E-state index contributed by atoms with van der Waals surface area (Å²) in [5.41, 5.74) is 0.692. The molecule has 170 valence electrons. The second kappa shape index (κ2) is 9.70. The van der Waals surface area contributed by atoms with Gasteiger partial charge in [-0.1, -0.05) is 12.1 Å². The molecule has 0 aliphatic carbocycles. The van der Waals surface area contributed by atoms with Gasteiger partial charge >= 0.3 is 0 Å². The summed E-state index contributed by atoms with van der Waals surface area (Å²) in [4.78, 5) is 0. The average molecular weight is 432 g/mol. The first kappa shape index (κ1) is 23.1. The molecule has 30 heavy (non-hydrogen) atoms. The van der Waals surface area contributed by atoms with E-state index in [1.54, 1.807) is 24.3 Å². The molecule has 2 heterocycles. The number of benzene rings is 1. The van der Waals surface area contributed by atoms with E-state index in [2.05, 4.69) is 10.6 Å². The zero-order valence-corrected chi connectivity index (χ0v) is 15.9. The number of para-hydroxylation sites is 2. The van der Waals surface area contributed by atoms with E-state index >= 15 is 0 Å². The maximum absolute atomic E-state index is 10.2. The number of ether oxygens (including phenoxy) is 2. The molecule has 0 aromatic heterocycles. The van der Waals surface area contributed by atoms with E-state index in [-0.39, 0.29) is 0 Å². The highest BCUT2D eigenvalue weighted by Gasteiger charge is 2.45. The maximum atomic E-state index is 10.2. The molecule has 10 N–H and O–H groups in total. The lowest BCUT2D eigenvalue weighted by Crippen LogP contribution is -2.61. The quantitative estimate of drug-likeness (QED) is 0.210. The molecule has 0 saturated carbocycles. The molecular weight excluding hydrogens is 404 g/mol. The van der Waals surface area contributed by atoms with Crippen molar-refractivity contribution in [2.75, 3.05) is 23.8 Å². The highest BCUT2D eigenvalue weighted by Crippen LogP contribution is 2.30. The third kappa shape index (κ3) is 4.53. The van der Waals surface area contributed by atoms with E-state index in [1.807, 2.05) is 0 Å². The van der Waals surface area contributed by atoms with Crippen molar-refractivity contribution in [3.63, 3.8) is 0 Å². The summed E-state index contributed by atoms with van der Waals surface area (Å²) in [6, 6.07) is 6.50. The number of anilines is 2. The van der Waals surface area contributed by atoms with E-state index in [4.69, 9.17) is 9.47 Å². The lowest BCUT2D eigenvalue weighted by molar-refractivity contribution is -0.222. The van der Waals surface area contributed by atoms with Gasteiger partial charge in [-0.25, -0.2) is 0 Å². The smallest absolute Gasteiger partial charge is 0.157 e. The lowest BCUT2D eigenvalue weighted by atomic mass is 9.98. The van der Waals surface area contributed by atoms with Crippen molar-refractivity contribution in [3.05, 3.63) is 24.3 Å². The van der Waals surface area contributed by atoms with Gasteiger partial charge in [-0.15, -0.1) is 0 Å². The van der Waals surface area contributed by atoms with Crippen molar-refractivity contribution in [2.45, 2.75) is 61.3 Å². The van der Waals surface area contributed by atoms with Crippen molar-refractivity contribution >= 4 is 11.4 Å². The Morgan fingerprint density at radius 1 is 0.600 bits per heavy atom. The van der Waals surface area contributed by atoms with E-state index in [0.717, 1.165) is 0 Å². The zero-order valence-electron chi connectivity index (χ0n) is 15.9. The third-order valence-electron chi connectivity index (χ3n) is 5.31. The van der Waals surface area contributed by atoms with Crippen LogP contribution in [0.15, 0.2) is 24.3 Å². The van der Waals surface area contributed by atoms with Gasteiger partial charge < -0.3 is 61.0 Å². The summed E-state index contributed by atoms with van der Waals surface area (Å²) >= 11 is 0. The van der Waals surface area contributed by atoms with Gasteiger partial charge in [-0.2, -0.15) is 0 Å². The van der Waals surface area contributed by atoms with E-state index in [0.29, 0.717) is 11.4 Å². The summed E-state index contributed by atoms with van der Waals surface area (Å²) < 4.78 is 10.9. The van der Waals surface area contributed by atoms with Crippen LogP contribution in [0.4, 0.5) is 11.4 Å². The number of nitrogens with one attached hydrogen (secondary N) is 2. The van der Waals surface area contributed by atoms with Gasteiger partial charge in [-0.05, 0) is 12.1 Å². The number of hydrogen-bond donors (Lipinski definition) is 10. The number of rotatable bonds is 6. The molecule has 10 atom stereocenters. The van der Waals surface area contributed by atoms with Crippen LogP contribution in [-0.2, 0) is 9.47 Å². The van der Waals surface area contributed by atoms with Crippen LogP contribution < -0.4 is 10.6 Å². The van der Waals surface area contributed by atoms with Gasteiger partial charge in [0, 0.05) is 0 Å². The van der Waals surface area contributed by atoms with E-state index in [9.17, 15) is 40.9 Å². The van der Waals surface area contributed by atoms with Crippen LogP contribution in [0.25, 0.3) is 0 Å². The van der Waals surface area contributed by atoms with Crippen molar-refractivity contribution in [1.29, 1.82) is 0 Å². The summed E-state index contributed by atoms with van der Waals surface area (Å²) in [5, 5.41) is 84.4. The molecular formula is C18H28N2O10. The summed E-state index contributed by atoms with van der Waals surface area (Å²) in [6.07, 6.45) is -13.7. The molecule has 12 heteroatoms. The Balaban J connectivity index is 1.76. The van der Waals surface area contributed by atoms with E-state index < -0.39 is 74.5 Å². The monoisotopic (exact) mass is 432 g/mol. The summed E-state index contributed by atoms with van der Waals surface area (Å²) in [6.45, 7) is -1.15. The normalized spacial score (nSPS) is 42.0. The van der Waals surface area contributed by atoms with Gasteiger partial charge in [0.25, 0.3) is 0 Å². The fourth-order valence-electron chi connectivity index (χ4n) is 3.48. The fourth-order valence-corrected chi connectivity index (χ4v) is 3.48. The third-order valence-corrected chi connectivity index (χ3v) is 5.31. The molecule has 12 nitrogen and oxygen atoms in total. The standard InChI is InChI=1S/C18H28N2O10/c21-5-9-11(23)13(25)15(27)17(29-9)19-7-3-1-2-4-8(7)20-18-16(28)14(26)12(24)10(6-22)30-18/h1-4,9-28H,5-6H2/t9-,10+,11+,12-,13+,14-,15+,16-,17-,18+. The van der Waals surface area contributed by atoms with Crippen LogP contribution in [0.5, 0.6) is 0 Å². The van der Waals surface area contributed by atoms with Crippen molar-refractivity contribution in [3.8, 4) is 0 Å². The minimum absolute atomic E-state index is 0.346. The van der Waals surface area contributed by atoms with Crippen LogP contribution in [0.1, 0.15) is 0 Å². The second-order valence-electron chi connectivity index (χ2n) is 7.33. The molecule has 0 amide bonds. The number of aliphatic hydroxyl groups is 8. The molecule has 0 unspecified atom stereocenters. The maximum Gasteiger partial charge on any atom is 0.157 e. The average Bonchev–Trinajstić information content (AvgIpc) is 2.75. The fraction of sp³-hybridized carbons (Fsp3) is 0.667. The van der Waals surface area contributed by atoms with Crippen LogP contribution >= 0.6 is 0 Å². The lowest BCUT2D eigenvalue weighted by Gasteiger charge is -2.42. The Morgan fingerprint density at radius 2 is 0.967 bits per heavy atom. The van der Waals surface area contributed by atoms with Crippen LogP contribution in [0.3, 0.4) is 0 Å². The zero-order chi connectivity index (χ0) is 22.0. The van der Waals surface area contributed by atoms with Crippen molar-refractivity contribution < 1.29 is 50.3 Å². The summed E-state index contributed by atoms with van der Waals surface area (Å²) in [5.74, 6) is 0. The molecule has 2 saturated heterocycles. The topological polar surface area (TPSA) is 204 Å². The Labute approximate surface area is 171 Å². The Kier molecular flexibility index (Phi) is 7.47. The molecule has 3 rings (SSSR count). The van der Waals surface area contributed by atoms with Gasteiger partial charge in [0.05, 0.1) is 24.6 Å². The molecule has 0 bridgehead atoms. The van der Waals surface area contributed by atoms with Crippen molar-refractivity contribution in [2.24, 2.45) is 0 Å². The Morgan fingerprint density at radius 3 is 1.30 bits per heavy atom. The van der Waals surface area contributed by atoms with Crippen molar-refractivity contribution in [1.82, 2.24) is 0 Å². The van der Waals surface area contributed by atoms with Gasteiger partial charge in [-0.3, -0.25) is 0 Å². The molecule has 2 fully saturated rings. The minimum Gasteiger partial charge on any atom is -0.394 e. The minimum atomic E-state index is -1.56. The Hall–Kier alpha value is -1.58. The molecule has 0 spiro atoms. The SMILES string of the molecule is OC[C@@H]1O[C@H](Nc2ccccc2N[C@@H]2O[C@H](CO)[C@H](O)[C@H](O)[C@@H]2O)[C@H](O)[C@H](O)[C@@H]1O. The van der Waals surface area contributed by atoms with Crippen LogP contribution in [0.2, 0.25) is 0 Å². The molecule has 0 radical (unpaired) electrons. The predicted octanol–water partition coefficient (Wildman–Crippen LogP) is -3.89.